The van der Waals surface area contributed by atoms with Gasteiger partial charge in [0, 0.05) is 25.7 Å². The van der Waals surface area contributed by atoms with Crippen molar-refractivity contribution in [3.05, 3.63) is 0 Å². The highest BCUT2D eigenvalue weighted by Crippen LogP contribution is 2.45. The number of hydrogen-bond acceptors (Lipinski definition) is 15. The van der Waals surface area contributed by atoms with Crippen LogP contribution in [0.25, 0.3) is 0 Å². The Morgan fingerprint density at radius 3 is 0.800 bits per heavy atom. The Morgan fingerprint density at radius 2 is 0.541 bits per heavy atom. The van der Waals surface area contributed by atoms with Crippen LogP contribution in [-0.4, -0.2) is 96.7 Å². The summed E-state index contributed by atoms with van der Waals surface area (Å²) in [4.78, 5) is 72.1. The summed E-state index contributed by atoms with van der Waals surface area (Å²) < 4.78 is 67.9. The molecule has 3 N–H and O–H groups in total. The first-order chi connectivity index (χ1) is 41.0. The molecule has 0 aromatic rings. The van der Waals surface area contributed by atoms with E-state index < -0.39 is 97.5 Å². The topological polar surface area (TPSA) is 237 Å². The Bertz CT molecular complexity index is 1650. The van der Waals surface area contributed by atoms with Crippen LogP contribution >= 0.6 is 15.6 Å². The van der Waals surface area contributed by atoms with Crippen molar-refractivity contribution < 1.29 is 80.2 Å². The molecule has 0 aromatic carbocycles. The van der Waals surface area contributed by atoms with Gasteiger partial charge in [0.25, 0.3) is 0 Å². The molecule has 0 spiro atoms. The molecule has 0 aliphatic rings. The molecule has 2 unspecified atom stereocenters. The third-order valence-corrected chi connectivity index (χ3v) is 17.2. The number of carbonyl (C=O) groups is 4. The average molecular weight is 1260 g/mol. The van der Waals surface area contributed by atoms with Crippen LogP contribution in [0.2, 0.25) is 0 Å². The van der Waals surface area contributed by atoms with E-state index in [1.165, 1.54) is 154 Å². The Kier molecular flexibility index (Phi) is 58.3. The molecule has 0 bridgehead atoms. The lowest BCUT2D eigenvalue weighted by Crippen LogP contribution is -2.30. The van der Waals surface area contributed by atoms with Crippen LogP contribution in [0.4, 0.5) is 0 Å². The van der Waals surface area contributed by atoms with Gasteiger partial charge in [-0.2, -0.15) is 0 Å². The third kappa shape index (κ3) is 60.7. The van der Waals surface area contributed by atoms with Crippen LogP contribution in [0.5, 0.6) is 0 Å². The summed E-state index contributed by atoms with van der Waals surface area (Å²) in [5, 5.41) is 10.5. The maximum Gasteiger partial charge on any atom is 0.472 e. The highest BCUT2D eigenvalue weighted by Gasteiger charge is 2.30. The molecule has 0 saturated heterocycles. The van der Waals surface area contributed by atoms with E-state index in [0.29, 0.717) is 25.7 Å². The third-order valence-electron chi connectivity index (χ3n) is 15.3. The average Bonchev–Trinajstić information content (AvgIpc) is 3.62. The molecule has 0 aromatic heterocycles. The van der Waals surface area contributed by atoms with Crippen LogP contribution in [0.15, 0.2) is 0 Å². The van der Waals surface area contributed by atoms with Crippen molar-refractivity contribution in [1.29, 1.82) is 0 Å². The van der Waals surface area contributed by atoms with E-state index in [1.54, 1.807) is 0 Å². The van der Waals surface area contributed by atoms with Crippen molar-refractivity contribution in [2.45, 2.75) is 355 Å². The molecule has 0 radical (unpaired) electrons. The van der Waals surface area contributed by atoms with E-state index >= 15 is 0 Å². The number of rotatable bonds is 66. The summed E-state index contributed by atoms with van der Waals surface area (Å²) in [6.07, 6.45) is 44.7. The second kappa shape index (κ2) is 59.7. The molecule has 0 aliphatic carbocycles. The van der Waals surface area contributed by atoms with Crippen molar-refractivity contribution in [3.63, 3.8) is 0 Å². The number of aliphatic hydroxyl groups is 1. The van der Waals surface area contributed by atoms with Gasteiger partial charge >= 0.3 is 39.5 Å². The zero-order valence-corrected chi connectivity index (χ0v) is 56.5. The number of esters is 4. The zero-order valence-electron chi connectivity index (χ0n) is 54.7. The SMILES string of the molecule is CCCCCCCCCCCCCCC(=O)OC[C@H](COP(=O)(O)OC[C@@H](O)COP(=O)(O)OC[C@@H](COC(=O)CCCCCCC)OC(=O)CCCCCCCCCCCCC)OC(=O)CCCCCCCCCCCCCCCCC(C)C. The molecule has 19 heteroatoms. The molecule has 0 aliphatic heterocycles. The molecule has 0 fully saturated rings. The molecular formula is C66H128O17P2. The highest BCUT2D eigenvalue weighted by atomic mass is 31.2. The Balaban J connectivity index is 5.15. The van der Waals surface area contributed by atoms with Gasteiger partial charge in [0.1, 0.15) is 19.3 Å². The summed E-state index contributed by atoms with van der Waals surface area (Å²) in [5.74, 6) is -1.34. The van der Waals surface area contributed by atoms with Gasteiger partial charge in [-0.1, -0.05) is 285 Å². The monoisotopic (exact) mass is 1250 g/mol. The Morgan fingerprint density at radius 1 is 0.318 bits per heavy atom. The van der Waals surface area contributed by atoms with Gasteiger partial charge in [-0.25, -0.2) is 9.13 Å². The van der Waals surface area contributed by atoms with Crippen molar-refractivity contribution in [3.8, 4) is 0 Å². The fourth-order valence-electron chi connectivity index (χ4n) is 9.94. The minimum absolute atomic E-state index is 0.106. The molecule has 0 rings (SSSR count). The van der Waals surface area contributed by atoms with Gasteiger partial charge in [-0.05, 0) is 31.6 Å². The van der Waals surface area contributed by atoms with Crippen molar-refractivity contribution >= 4 is 39.5 Å². The van der Waals surface area contributed by atoms with Crippen molar-refractivity contribution in [2.24, 2.45) is 5.92 Å². The molecule has 0 amide bonds. The van der Waals surface area contributed by atoms with Crippen LogP contribution in [0.1, 0.15) is 336 Å². The van der Waals surface area contributed by atoms with E-state index in [1.807, 2.05) is 0 Å². The summed E-state index contributed by atoms with van der Waals surface area (Å²) in [6.45, 7) is 7.15. The maximum atomic E-state index is 13.0. The summed E-state index contributed by atoms with van der Waals surface area (Å²) in [5.41, 5.74) is 0. The van der Waals surface area contributed by atoms with Crippen LogP contribution in [0.3, 0.4) is 0 Å². The number of unbranched alkanes of at least 4 members (excludes halogenated alkanes) is 38. The van der Waals surface area contributed by atoms with Crippen LogP contribution < -0.4 is 0 Å². The minimum atomic E-state index is -4.94. The van der Waals surface area contributed by atoms with E-state index in [-0.39, 0.29) is 25.7 Å². The number of phosphoric acid groups is 2. The molecule has 0 saturated carbocycles. The molecule has 504 valence electrons. The maximum absolute atomic E-state index is 13.0. The fourth-order valence-corrected chi connectivity index (χ4v) is 11.5. The molecular weight excluding hydrogens is 1130 g/mol. The fraction of sp³-hybridized carbons (Fsp3) is 0.939. The number of carbonyl (C=O) groups excluding carboxylic acids is 4. The first-order valence-electron chi connectivity index (χ1n) is 34.6. The standard InChI is InChI=1S/C66H128O17P2/c1-6-9-12-15-17-19-21-28-31-35-40-45-50-64(69)77-56-62(83-66(71)52-47-42-37-33-29-25-23-22-24-27-30-34-39-43-48-59(4)5)58-81-85(74,75)79-54-60(67)53-78-84(72,73)80-57-61(55-76-63(68)49-44-38-14-11-8-3)82-65(70)51-46-41-36-32-26-20-18-16-13-10-7-2/h59-62,67H,6-58H2,1-5H3,(H,72,73)(H,74,75)/t60-,61+,62+/m0/s1. The predicted molar refractivity (Wildman–Crippen MR) is 340 cm³/mol. The summed E-state index contributed by atoms with van der Waals surface area (Å²) >= 11 is 0. The number of ether oxygens (including phenoxy) is 4. The lowest BCUT2D eigenvalue weighted by Gasteiger charge is -2.21. The second-order valence-corrected chi connectivity index (χ2v) is 27.2. The van der Waals surface area contributed by atoms with Gasteiger partial charge in [0.2, 0.25) is 0 Å². The van der Waals surface area contributed by atoms with Gasteiger partial charge in [0.15, 0.2) is 12.2 Å². The Labute approximate surface area is 517 Å². The highest BCUT2D eigenvalue weighted by molar-refractivity contribution is 7.47. The van der Waals surface area contributed by atoms with Gasteiger partial charge in [-0.3, -0.25) is 37.3 Å². The first-order valence-corrected chi connectivity index (χ1v) is 37.6. The van der Waals surface area contributed by atoms with Gasteiger partial charge < -0.3 is 33.8 Å². The van der Waals surface area contributed by atoms with E-state index in [4.69, 9.17) is 37.0 Å². The van der Waals surface area contributed by atoms with Crippen molar-refractivity contribution in [1.82, 2.24) is 0 Å². The lowest BCUT2D eigenvalue weighted by atomic mass is 10.0. The lowest BCUT2D eigenvalue weighted by molar-refractivity contribution is -0.161. The van der Waals surface area contributed by atoms with E-state index in [0.717, 1.165) is 102 Å². The largest absolute Gasteiger partial charge is 0.472 e. The van der Waals surface area contributed by atoms with E-state index in [9.17, 15) is 43.2 Å². The second-order valence-electron chi connectivity index (χ2n) is 24.3. The molecule has 5 atom stereocenters. The van der Waals surface area contributed by atoms with Gasteiger partial charge in [-0.15, -0.1) is 0 Å². The summed E-state index contributed by atoms with van der Waals surface area (Å²) in [7, 11) is -9.88. The zero-order chi connectivity index (χ0) is 62.8. The quantitative estimate of drug-likeness (QED) is 0.0222. The normalized spacial score (nSPS) is 14.2. The molecule has 17 nitrogen and oxygen atoms in total. The van der Waals surface area contributed by atoms with Gasteiger partial charge in [0.05, 0.1) is 26.4 Å². The van der Waals surface area contributed by atoms with Crippen LogP contribution in [0, 0.1) is 5.92 Å². The summed E-state index contributed by atoms with van der Waals surface area (Å²) in [6, 6.07) is 0. The number of aliphatic hydroxyl groups excluding tert-OH is 1. The molecule has 85 heavy (non-hydrogen) atoms. The Hall–Kier alpha value is -1.94. The van der Waals surface area contributed by atoms with Crippen molar-refractivity contribution in [2.75, 3.05) is 39.6 Å². The number of hydrogen-bond donors (Lipinski definition) is 3. The van der Waals surface area contributed by atoms with Crippen LogP contribution in [-0.2, 0) is 65.4 Å². The predicted octanol–water partition coefficient (Wildman–Crippen LogP) is 18.6. The number of phosphoric ester groups is 2. The molecule has 0 heterocycles. The first kappa shape index (κ1) is 83.1. The minimum Gasteiger partial charge on any atom is -0.462 e. The smallest absolute Gasteiger partial charge is 0.462 e. The van der Waals surface area contributed by atoms with E-state index in [2.05, 4.69) is 34.6 Å².